The van der Waals surface area contributed by atoms with Crippen molar-refractivity contribution in [3.63, 3.8) is 0 Å². The Morgan fingerprint density at radius 1 is 1.08 bits per heavy atom. The van der Waals surface area contributed by atoms with E-state index < -0.39 is 17.8 Å². The number of hydrogen-bond donors (Lipinski definition) is 2. The number of carbonyl (C=O) groups is 3. The van der Waals surface area contributed by atoms with Gasteiger partial charge in [0.15, 0.2) is 10.8 Å². The molecule has 0 unspecified atom stereocenters. The minimum Gasteiger partial charge on any atom is -0.462 e. The standard InChI is InChI=1S/C25H27N5O5S/c1-6-34-24(33)19-15(5)35-23(20(19)22(26)32)27-18(31)7-8-36-25-29-28-17-11-13(3)16-10-12(2)9-14(4)21(16)30(17)25/h9-11H,6-8H2,1-5H3,(H2,26,32)(H,27,31). The van der Waals surface area contributed by atoms with Crippen LogP contribution in [0, 0.1) is 27.7 Å². The van der Waals surface area contributed by atoms with Crippen LogP contribution in [-0.2, 0) is 9.53 Å². The van der Waals surface area contributed by atoms with E-state index in [1.165, 1.54) is 24.2 Å². The lowest BCUT2D eigenvalue weighted by atomic mass is 10.0. The van der Waals surface area contributed by atoms with Gasteiger partial charge in [-0.2, -0.15) is 0 Å². The number of amides is 2. The number of rotatable bonds is 8. The van der Waals surface area contributed by atoms with Gasteiger partial charge in [-0.15, -0.1) is 10.2 Å². The zero-order valence-corrected chi connectivity index (χ0v) is 21.5. The van der Waals surface area contributed by atoms with Crippen LogP contribution < -0.4 is 11.1 Å². The van der Waals surface area contributed by atoms with Gasteiger partial charge in [-0.05, 0) is 57.9 Å². The molecule has 11 heteroatoms. The monoisotopic (exact) mass is 509 g/mol. The van der Waals surface area contributed by atoms with Crippen molar-refractivity contribution in [2.24, 2.45) is 5.73 Å². The van der Waals surface area contributed by atoms with Gasteiger partial charge in [0.05, 0.1) is 12.1 Å². The number of primary amides is 1. The Kier molecular flexibility index (Phi) is 7.02. The number of nitrogens with two attached hydrogens (primary N) is 1. The first kappa shape index (κ1) is 25.2. The molecule has 4 rings (SSSR count). The second-order valence-corrected chi connectivity index (χ2v) is 9.51. The van der Waals surface area contributed by atoms with Crippen LogP contribution >= 0.6 is 11.8 Å². The number of nitrogens with zero attached hydrogens (tertiary/aromatic N) is 3. The summed E-state index contributed by atoms with van der Waals surface area (Å²) in [7, 11) is 0. The molecule has 0 atom stereocenters. The highest BCUT2D eigenvalue weighted by atomic mass is 32.2. The number of nitrogens with one attached hydrogen (secondary N) is 1. The Bertz CT molecular complexity index is 1520. The van der Waals surface area contributed by atoms with Gasteiger partial charge in [-0.1, -0.05) is 23.4 Å². The summed E-state index contributed by atoms with van der Waals surface area (Å²) in [6, 6.07) is 6.26. The van der Waals surface area contributed by atoms with Gasteiger partial charge in [0.1, 0.15) is 16.9 Å². The van der Waals surface area contributed by atoms with E-state index in [4.69, 9.17) is 14.9 Å². The van der Waals surface area contributed by atoms with Gasteiger partial charge in [0.2, 0.25) is 11.8 Å². The van der Waals surface area contributed by atoms with Gasteiger partial charge in [0, 0.05) is 17.6 Å². The highest BCUT2D eigenvalue weighted by molar-refractivity contribution is 7.99. The third-order valence-electron chi connectivity index (χ3n) is 5.72. The fraction of sp³-hybridized carbons (Fsp3) is 0.320. The molecular weight excluding hydrogens is 482 g/mol. The zero-order valence-electron chi connectivity index (χ0n) is 20.7. The van der Waals surface area contributed by atoms with Gasteiger partial charge in [-0.25, -0.2) is 4.79 Å². The molecule has 0 saturated heterocycles. The van der Waals surface area contributed by atoms with Crippen LogP contribution in [0.25, 0.3) is 16.6 Å². The number of furan rings is 1. The number of pyridine rings is 1. The molecule has 4 aromatic rings. The van der Waals surface area contributed by atoms with Crippen LogP contribution in [0.3, 0.4) is 0 Å². The molecule has 0 saturated carbocycles. The lowest BCUT2D eigenvalue weighted by Gasteiger charge is -2.11. The normalized spacial score (nSPS) is 11.2. The van der Waals surface area contributed by atoms with Gasteiger partial charge in [-0.3, -0.25) is 19.3 Å². The van der Waals surface area contributed by atoms with Crippen molar-refractivity contribution < 1.29 is 23.5 Å². The maximum atomic E-state index is 12.6. The minimum absolute atomic E-state index is 0.0864. The summed E-state index contributed by atoms with van der Waals surface area (Å²) in [6.07, 6.45) is 0.0914. The summed E-state index contributed by atoms with van der Waals surface area (Å²) in [5, 5.41) is 13.0. The molecule has 0 fully saturated rings. The number of hydrogen-bond acceptors (Lipinski definition) is 8. The highest BCUT2D eigenvalue weighted by Gasteiger charge is 2.29. The molecule has 0 aliphatic rings. The fourth-order valence-corrected chi connectivity index (χ4v) is 5.13. The Balaban J connectivity index is 1.52. The molecule has 188 valence electrons. The number of aryl methyl sites for hydroxylation is 4. The molecule has 0 bridgehead atoms. The summed E-state index contributed by atoms with van der Waals surface area (Å²) in [5.74, 6) is -1.69. The molecule has 3 heterocycles. The Labute approximate surface area is 211 Å². The molecule has 0 radical (unpaired) electrons. The van der Waals surface area contributed by atoms with Gasteiger partial charge >= 0.3 is 5.97 Å². The first-order valence-corrected chi connectivity index (χ1v) is 12.4. The van der Waals surface area contributed by atoms with Crippen LogP contribution in [0.2, 0.25) is 0 Å². The maximum absolute atomic E-state index is 12.6. The fourth-order valence-electron chi connectivity index (χ4n) is 4.25. The predicted octanol–water partition coefficient (Wildman–Crippen LogP) is 4.11. The molecule has 0 spiro atoms. The second-order valence-electron chi connectivity index (χ2n) is 8.45. The van der Waals surface area contributed by atoms with Crippen LogP contribution in [0.1, 0.15) is 56.5 Å². The third kappa shape index (κ3) is 4.66. The molecule has 10 nitrogen and oxygen atoms in total. The lowest BCUT2D eigenvalue weighted by molar-refractivity contribution is -0.115. The van der Waals surface area contributed by atoms with E-state index in [9.17, 15) is 14.4 Å². The zero-order chi connectivity index (χ0) is 26.1. The number of benzene rings is 1. The van der Waals surface area contributed by atoms with E-state index in [1.807, 2.05) is 10.5 Å². The molecule has 3 aromatic heterocycles. The third-order valence-corrected chi connectivity index (χ3v) is 6.65. The van der Waals surface area contributed by atoms with E-state index in [0.717, 1.165) is 27.7 Å². The first-order valence-electron chi connectivity index (χ1n) is 11.4. The number of aromatic nitrogens is 3. The van der Waals surface area contributed by atoms with E-state index >= 15 is 0 Å². The van der Waals surface area contributed by atoms with Crippen molar-refractivity contribution in [1.29, 1.82) is 0 Å². The van der Waals surface area contributed by atoms with E-state index in [1.54, 1.807) is 6.92 Å². The predicted molar refractivity (Wildman–Crippen MR) is 137 cm³/mol. The molecule has 2 amide bonds. The number of ether oxygens (including phenoxy) is 1. The summed E-state index contributed by atoms with van der Waals surface area (Å²) >= 11 is 1.39. The van der Waals surface area contributed by atoms with Gasteiger partial charge < -0.3 is 14.9 Å². The molecular formula is C25H27N5O5S. The quantitative estimate of drug-likeness (QED) is 0.267. The highest BCUT2D eigenvalue weighted by Crippen LogP contribution is 2.30. The smallest absolute Gasteiger partial charge is 0.342 e. The van der Waals surface area contributed by atoms with Crippen LogP contribution in [0.4, 0.5) is 5.88 Å². The summed E-state index contributed by atoms with van der Waals surface area (Å²) in [4.78, 5) is 36.9. The van der Waals surface area contributed by atoms with Crippen molar-refractivity contribution in [2.75, 3.05) is 17.7 Å². The minimum atomic E-state index is -0.901. The molecule has 36 heavy (non-hydrogen) atoms. The second kappa shape index (κ2) is 10.0. The summed E-state index contributed by atoms with van der Waals surface area (Å²) in [6.45, 7) is 9.43. The molecule has 1 aromatic carbocycles. The largest absolute Gasteiger partial charge is 0.462 e. The topological polar surface area (TPSA) is 142 Å². The first-order chi connectivity index (χ1) is 17.1. The molecule has 3 N–H and O–H groups in total. The number of fused-ring (bicyclic) bond motifs is 3. The summed E-state index contributed by atoms with van der Waals surface area (Å²) in [5.41, 5.74) is 10.3. The Morgan fingerprint density at radius 3 is 2.53 bits per heavy atom. The average molecular weight is 510 g/mol. The van der Waals surface area contributed by atoms with Crippen LogP contribution in [0.15, 0.2) is 27.8 Å². The average Bonchev–Trinajstić information content (AvgIpc) is 3.34. The molecule has 0 aliphatic carbocycles. The van der Waals surface area contributed by atoms with Crippen LogP contribution in [0.5, 0.6) is 0 Å². The Hall–Kier alpha value is -3.86. The lowest BCUT2D eigenvalue weighted by Crippen LogP contribution is -2.20. The van der Waals surface area contributed by atoms with E-state index in [0.29, 0.717) is 10.9 Å². The van der Waals surface area contributed by atoms with E-state index in [-0.39, 0.29) is 35.8 Å². The van der Waals surface area contributed by atoms with Crippen molar-refractivity contribution in [2.45, 2.75) is 46.2 Å². The van der Waals surface area contributed by atoms with Crippen molar-refractivity contribution >= 4 is 52.0 Å². The van der Waals surface area contributed by atoms with Crippen molar-refractivity contribution in [3.05, 3.63) is 51.8 Å². The number of thioether (sulfide) groups is 1. The maximum Gasteiger partial charge on any atom is 0.342 e. The molecule has 0 aliphatic heterocycles. The Morgan fingerprint density at radius 2 is 1.83 bits per heavy atom. The van der Waals surface area contributed by atoms with Crippen molar-refractivity contribution in [3.8, 4) is 0 Å². The summed E-state index contributed by atoms with van der Waals surface area (Å²) < 4.78 is 12.5. The van der Waals surface area contributed by atoms with E-state index in [2.05, 4.69) is 48.4 Å². The van der Waals surface area contributed by atoms with Crippen LogP contribution in [-0.4, -0.2) is 44.7 Å². The number of carbonyl (C=O) groups excluding carboxylic acids is 3. The SMILES string of the molecule is CCOC(=O)c1c(C)oc(NC(=O)CCSc2nnc3cc(C)c4cc(C)cc(C)c4n23)c1C(N)=O. The number of anilines is 1. The van der Waals surface area contributed by atoms with Gasteiger partial charge in [0.25, 0.3) is 5.91 Å². The number of esters is 1. The van der Waals surface area contributed by atoms with Crippen molar-refractivity contribution in [1.82, 2.24) is 14.6 Å².